The first kappa shape index (κ1) is 19.4. The molecule has 1 heterocycles. The first-order chi connectivity index (χ1) is 13.0. The number of nitrogens with zero attached hydrogens (tertiary/aromatic N) is 3. The summed E-state index contributed by atoms with van der Waals surface area (Å²) in [6.07, 6.45) is 0. The number of thioether (sulfide) groups is 1. The molecule has 1 N–H and O–H groups in total. The first-order valence-electron chi connectivity index (χ1n) is 8.36. The van der Waals surface area contributed by atoms with Gasteiger partial charge >= 0.3 is 0 Å². The predicted octanol–water partition coefficient (Wildman–Crippen LogP) is 4.80. The number of rotatable bonds is 6. The molecule has 27 heavy (non-hydrogen) atoms. The predicted molar refractivity (Wildman–Crippen MR) is 107 cm³/mol. The molecule has 0 aliphatic rings. The molecule has 1 aromatic heterocycles. The summed E-state index contributed by atoms with van der Waals surface area (Å²) >= 11 is 7.23. The van der Waals surface area contributed by atoms with E-state index < -0.39 is 5.82 Å². The van der Waals surface area contributed by atoms with Crippen LogP contribution in [0.3, 0.4) is 0 Å². The molecule has 8 heteroatoms. The van der Waals surface area contributed by atoms with E-state index in [-0.39, 0.29) is 16.7 Å². The fourth-order valence-electron chi connectivity index (χ4n) is 2.61. The summed E-state index contributed by atoms with van der Waals surface area (Å²) in [4.78, 5) is 12.2. The third-order valence-corrected chi connectivity index (χ3v) is 5.24. The summed E-state index contributed by atoms with van der Waals surface area (Å²) in [6.45, 7) is 4.72. The van der Waals surface area contributed by atoms with Crippen LogP contribution < -0.4 is 5.32 Å². The van der Waals surface area contributed by atoms with E-state index in [1.54, 1.807) is 0 Å². The average Bonchev–Trinajstić information content (AvgIpc) is 3.05. The smallest absolute Gasteiger partial charge is 0.234 e. The van der Waals surface area contributed by atoms with Crippen molar-refractivity contribution in [2.75, 3.05) is 11.1 Å². The van der Waals surface area contributed by atoms with Crippen molar-refractivity contribution in [3.63, 3.8) is 0 Å². The number of anilines is 1. The van der Waals surface area contributed by atoms with Crippen LogP contribution in [0.15, 0.2) is 47.6 Å². The zero-order valence-electron chi connectivity index (χ0n) is 14.9. The second-order valence-corrected chi connectivity index (χ2v) is 7.18. The largest absolute Gasteiger partial charge is 0.324 e. The van der Waals surface area contributed by atoms with Crippen LogP contribution in [0.2, 0.25) is 5.02 Å². The highest BCUT2D eigenvalue weighted by Crippen LogP contribution is 2.27. The van der Waals surface area contributed by atoms with Crippen molar-refractivity contribution in [1.82, 2.24) is 14.8 Å². The average molecular weight is 405 g/mol. The lowest BCUT2D eigenvalue weighted by molar-refractivity contribution is -0.113. The number of halogens is 2. The summed E-state index contributed by atoms with van der Waals surface area (Å²) in [5.41, 5.74) is 2.50. The molecule has 5 nitrogen and oxygen atoms in total. The summed E-state index contributed by atoms with van der Waals surface area (Å²) in [5, 5.41) is 12.0. The van der Waals surface area contributed by atoms with Gasteiger partial charge in [-0.05, 0) is 37.6 Å². The van der Waals surface area contributed by atoms with Gasteiger partial charge in [-0.1, -0.05) is 47.6 Å². The lowest BCUT2D eigenvalue weighted by atomic mass is 10.1. The number of hydrogen-bond acceptors (Lipinski definition) is 4. The fraction of sp³-hybridized carbons (Fsp3) is 0.211. The number of aromatic nitrogens is 3. The van der Waals surface area contributed by atoms with Crippen molar-refractivity contribution in [3.05, 3.63) is 58.9 Å². The van der Waals surface area contributed by atoms with Crippen molar-refractivity contribution >= 4 is 35.0 Å². The van der Waals surface area contributed by atoms with Gasteiger partial charge in [-0.3, -0.25) is 4.79 Å². The van der Waals surface area contributed by atoms with Gasteiger partial charge in [0, 0.05) is 12.1 Å². The van der Waals surface area contributed by atoms with Crippen LogP contribution in [0.4, 0.5) is 10.1 Å². The third kappa shape index (κ3) is 4.48. The molecule has 0 saturated carbocycles. The van der Waals surface area contributed by atoms with E-state index in [9.17, 15) is 9.18 Å². The monoisotopic (exact) mass is 404 g/mol. The molecule has 1 amide bonds. The van der Waals surface area contributed by atoms with Crippen LogP contribution >= 0.6 is 23.4 Å². The van der Waals surface area contributed by atoms with E-state index in [0.29, 0.717) is 17.4 Å². The zero-order chi connectivity index (χ0) is 19.4. The van der Waals surface area contributed by atoms with Gasteiger partial charge in [0.2, 0.25) is 5.91 Å². The second-order valence-electron chi connectivity index (χ2n) is 5.83. The molecule has 0 fully saturated rings. The molecule has 0 unspecified atom stereocenters. The molecule has 0 bridgehead atoms. The number of hydrogen-bond donors (Lipinski definition) is 1. The summed E-state index contributed by atoms with van der Waals surface area (Å²) in [6, 6.07) is 11.8. The van der Waals surface area contributed by atoms with E-state index in [1.165, 1.54) is 23.9 Å². The van der Waals surface area contributed by atoms with Gasteiger partial charge in [0.15, 0.2) is 11.0 Å². The minimum Gasteiger partial charge on any atom is -0.324 e. The lowest BCUT2D eigenvalue weighted by Crippen LogP contribution is -2.15. The van der Waals surface area contributed by atoms with Crippen LogP contribution in [0, 0.1) is 12.7 Å². The van der Waals surface area contributed by atoms with Crippen molar-refractivity contribution in [2.45, 2.75) is 25.5 Å². The molecule has 2 aromatic carbocycles. The van der Waals surface area contributed by atoms with Gasteiger partial charge in [-0.2, -0.15) is 0 Å². The van der Waals surface area contributed by atoms with Crippen LogP contribution in [0.1, 0.15) is 12.5 Å². The second kappa shape index (κ2) is 8.54. The molecular weight excluding hydrogens is 387 g/mol. The van der Waals surface area contributed by atoms with E-state index in [4.69, 9.17) is 11.6 Å². The molecule has 140 valence electrons. The SMILES string of the molecule is CCn1c(SCC(=O)Nc2ccc(F)cc2Cl)nnc1-c1ccccc1C. The Kier molecular flexibility index (Phi) is 6.13. The topological polar surface area (TPSA) is 59.8 Å². The highest BCUT2D eigenvalue weighted by atomic mass is 35.5. The van der Waals surface area contributed by atoms with Crippen molar-refractivity contribution in [2.24, 2.45) is 0 Å². The van der Waals surface area contributed by atoms with Gasteiger partial charge in [0.25, 0.3) is 0 Å². The van der Waals surface area contributed by atoms with Crippen molar-refractivity contribution in [3.8, 4) is 11.4 Å². The quantitative estimate of drug-likeness (QED) is 0.599. The molecule has 0 radical (unpaired) electrons. The Morgan fingerprint density at radius 3 is 2.74 bits per heavy atom. The van der Waals surface area contributed by atoms with Crippen LogP contribution in [0.5, 0.6) is 0 Å². The maximum Gasteiger partial charge on any atom is 0.234 e. The number of carbonyl (C=O) groups excluding carboxylic acids is 1. The molecule has 0 atom stereocenters. The van der Waals surface area contributed by atoms with Crippen LogP contribution in [-0.2, 0) is 11.3 Å². The normalized spacial score (nSPS) is 10.8. The fourth-order valence-corrected chi connectivity index (χ4v) is 3.63. The Morgan fingerprint density at radius 2 is 2.04 bits per heavy atom. The van der Waals surface area contributed by atoms with Gasteiger partial charge in [0.1, 0.15) is 5.82 Å². The Morgan fingerprint density at radius 1 is 1.26 bits per heavy atom. The van der Waals surface area contributed by atoms with Crippen molar-refractivity contribution < 1.29 is 9.18 Å². The minimum absolute atomic E-state index is 0.139. The van der Waals surface area contributed by atoms with Gasteiger partial charge in [-0.15, -0.1) is 10.2 Å². The molecule has 0 aliphatic heterocycles. The van der Waals surface area contributed by atoms with E-state index in [0.717, 1.165) is 23.0 Å². The summed E-state index contributed by atoms with van der Waals surface area (Å²) < 4.78 is 15.1. The minimum atomic E-state index is -0.452. The van der Waals surface area contributed by atoms with E-state index >= 15 is 0 Å². The van der Waals surface area contributed by atoms with Gasteiger partial charge in [0.05, 0.1) is 16.5 Å². The highest BCUT2D eigenvalue weighted by Gasteiger charge is 2.16. The molecular formula is C19H18ClFN4OS. The maximum atomic E-state index is 13.1. The van der Waals surface area contributed by atoms with Crippen molar-refractivity contribution in [1.29, 1.82) is 0 Å². The number of carbonyl (C=O) groups is 1. The number of aryl methyl sites for hydroxylation is 1. The summed E-state index contributed by atoms with van der Waals surface area (Å²) in [7, 11) is 0. The Hall–Kier alpha value is -2.38. The first-order valence-corrected chi connectivity index (χ1v) is 9.73. The van der Waals surface area contributed by atoms with Gasteiger partial charge < -0.3 is 9.88 Å². The Balaban J connectivity index is 1.71. The standard InChI is InChI=1S/C19H18ClFN4OS/c1-3-25-18(14-7-5-4-6-12(14)2)23-24-19(25)27-11-17(26)22-16-9-8-13(21)10-15(16)20/h4-10H,3,11H2,1-2H3,(H,22,26). The number of nitrogens with one attached hydrogen (secondary N) is 1. The summed E-state index contributed by atoms with van der Waals surface area (Å²) in [5.74, 6) is 0.212. The zero-order valence-corrected chi connectivity index (χ0v) is 16.4. The highest BCUT2D eigenvalue weighted by molar-refractivity contribution is 7.99. The molecule has 0 aliphatic carbocycles. The third-order valence-electron chi connectivity index (χ3n) is 3.96. The molecule has 0 spiro atoms. The number of benzene rings is 2. The molecule has 3 rings (SSSR count). The van der Waals surface area contributed by atoms with Crippen LogP contribution in [-0.4, -0.2) is 26.4 Å². The Bertz CT molecular complexity index is 976. The van der Waals surface area contributed by atoms with Gasteiger partial charge in [-0.25, -0.2) is 4.39 Å². The van der Waals surface area contributed by atoms with E-state index in [1.807, 2.05) is 42.7 Å². The lowest BCUT2D eigenvalue weighted by Gasteiger charge is -2.10. The molecule has 3 aromatic rings. The van der Waals surface area contributed by atoms with Crippen LogP contribution in [0.25, 0.3) is 11.4 Å². The maximum absolute atomic E-state index is 13.1. The molecule has 0 saturated heterocycles. The Labute approximate surface area is 166 Å². The van der Waals surface area contributed by atoms with E-state index in [2.05, 4.69) is 15.5 Å². The number of amides is 1.